The molecule has 1 aromatic rings. The molecule has 0 saturated carbocycles. The van der Waals surface area contributed by atoms with Crippen molar-refractivity contribution in [2.75, 3.05) is 7.11 Å². The maximum absolute atomic E-state index is 10.8. The number of benzene rings is 1. The first kappa shape index (κ1) is 12.8. The highest BCUT2D eigenvalue weighted by atomic mass is 16.5. The molecule has 0 aliphatic heterocycles. The van der Waals surface area contributed by atoms with E-state index in [-0.39, 0.29) is 6.42 Å². The van der Waals surface area contributed by atoms with Crippen molar-refractivity contribution in [3.05, 3.63) is 29.8 Å². The average molecular weight is 238 g/mol. The number of methoxy groups -OCH3 is 1. The van der Waals surface area contributed by atoms with E-state index in [4.69, 9.17) is 15.6 Å². The molecule has 0 radical (unpaired) electrons. The normalized spacial score (nSPS) is 11.6. The number of carboxylic acid groups (broad SMARTS) is 1. The van der Waals surface area contributed by atoms with Crippen molar-refractivity contribution in [2.24, 2.45) is 5.73 Å². The van der Waals surface area contributed by atoms with E-state index in [1.807, 2.05) is 0 Å². The molecule has 1 atom stereocenters. The molecular formula is C11H14N2O4. The summed E-state index contributed by atoms with van der Waals surface area (Å²) in [5, 5.41) is 11.1. The summed E-state index contributed by atoms with van der Waals surface area (Å²) in [6.45, 7) is 0. The Hall–Kier alpha value is -2.24. The maximum Gasteiger partial charge on any atom is 0.312 e. The largest absolute Gasteiger partial charge is 0.497 e. The first-order valence-electron chi connectivity index (χ1n) is 4.94. The van der Waals surface area contributed by atoms with Gasteiger partial charge in [0.15, 0.2) is 0 Å². The zero-order chi connectivity index (χ0) is 12.8. The molecule has 0 aliphatic carbocycles. The zero-order valence-corrected chi connectivity index (χ0v) is 9.34. The van der Waals surface area contributed by atoms with Crippen molar-refractivity contribution in [1.29, 1.82) is 0 Å². The van der Waals surface area contributed by atoms with E-state index in [1.54, 1.807) is 24.3 Å². The van der Waals surface area contributed by atoms with Crippen molar-refractivity contribution in [2.45, 2.75) is 12.5 Å². The third-order valence-electron chi connectivity index (χ3n) is 2.21. The second kappa shape index (κ2) is 5.74. The van der Waals surface area contributed by atoms with Gasteiger partial charge >= 0.3 is 12.0 Å². The lowest BCUT2D eigenvalue weighted by Gasteiger charge is -2.16. The molecule has 6 nitrogen and oxygen atoms in total. The molecule has 0 bridgehead atoms. The lowest BCUT2D eigenvalue weighted by molar-refractivity contribution is -0.137. The van der Waals surface area contributed by atoms with E-state index in [0.717, 1.165) is 0 Å². The van der Waals surface area contributed by atoms with Crippen LogP contribution in [0.15, 0.2) is 24.3 Å². The van der Waals surface area contributed by atoms with Gasteiger partial charge in [0.25, 0.3) is 0 Å². The molecule has 1 aromatic carbocycles. The molecule has 1 rings (SSSR count). The van der Waals surface area contributed by atoms with Gasteiger partial charge in [0.1, 0.15) is 5.75 Å². The van der Waals surface area contributed by atoms with Gasteiger partial charge < -0.3 is 20.9 Å². The Bertz CT molecular complexity index is 386. The molecule has 0 fully saturated rings. The number of aliphatic carboxylic acids is 1. The fraction of sp³-hybridized carbons (Fsp3) is 0.273. The molecule has 0 heterocycles. The second-order valence-electron chi connectivity index (χ2n) is 3.43. The van der Waals surface area contributed by atoms with Crippen molar-refractivity contribution in [3.8, 4) is 5.75 Å². The third kappa shape index (κ3) is 4.02. The number of nitrogens with two attached hydrogens (primary N) is 1. The fourth-order valence-electron chi connectivity index (χ4n) is 1.43. The van der Waals surface area contributed by atoms with Gasteiger partial charge in [-0.05, 0) is 17.7 Å². The highest BCUT2D eigenvalue weighted by Gasteiger charge is 2.16. The van der Waals surface area contributed by atoms with Crippen molar-refractivity contribution in [3.63, 3.8) is 0 Å². The summed E-state index contributed by atoms with van der Waals surface area (Å²) in [4.78, 5) is 21.5. The second-order valence-corrected chi connectivity index (χ2v) is 3.43. The van der Waals surface area contributed by atoms with Gasteiger partial charge in [0.2, 0.25) is 0 Å². The standard InChI is InChI=1S/C11H14N2O4/c1-17-8-4-2-7(3-5-8)9(6-10(14)15)13-11(12)16/h2-5,9H,6H2,1H3,(H,14,15)(H3,12,13,16)/t9-/m1/s1. The summed E-state index contributed by atoms with van der Waals surface area (Å²) in [5.74, 6) is -0.360. The predicted molar refractivity (Wildman–Crippen MR) is 60.7 cm³/mol. The molecule has 17 heavy (non-hydrogen) atoms. The van der Waals surface area contributed by atoms with E-state index in [0.29, 0.717) is 11.3 Å². The smallest absolute Gasteiger partial charge is 0.312 e. The van der Waals surface area contributed by atoms with Crippen LogP contribution in [0.25, 0.3) is 0 Å². The van der Waals surface area contributed by atoms with Gasteiger partial charge in [-0.2, -0.15) is 0 Å². The number of amides is 2. The summed E-state index contributed by atoms with van der Waals surface area (Å²) < 4.78 is 4.98. The van der Waals surface area contributed by atoms with Gasteiger partial charge in [-0.3, -0.25) is 4.79 Å². The minimum absolute atomic E-state index is 0.227. The van der Waals surface area contributed by atoms with Crippen molar-refractivity contribution >= 4 is 12.0 Å². The van der Waals surface area contributed by atoms with E-state index < -0.39 is 18.0 Å². The van der Waals surface area contributed by atoms with E-state index in [9.17, 15) is 9.59 Å². The van der Waals surface area contributed by atoms with Crippen LogP contribution in [0.2, 0.25) is 0 Å². The fourth-order valence-corrected chi connectivity index (χ4v) is 1.43. The summed E-state index contributed by atoms with van der Waals surface area (Å²) in [6, 6.07) is 5.34. The van der Waals surface area contributed by atoms with Crippen LogP contribution in [-0.2, 0) is 4.79 Å². The Morgan fingerprint density at radius 2 is 2.00 bits per heavy atom. The Morgan fingerprint density at radius 3 is 2.41 bits per heavy atom. The first-order valence-corrected chi connectivity index (χ1v) is 4.94. The summed E-state index contributed by atoms with van der Waals surface area (Å²) >= 11 is 0. The van der Waals surface area contributed by atoms with Gasteiger partial charge in [0, 0.05) is 0 Å². The van der Waals surface area contributed by atoms with Crippen molar-refractivity contribution in [1.82, 2.24) is 5.32 Å². The number of primary amides is 1. The van der Waals surface area contributed by atoms with Crippen LogP contribution in [-0.4, -0.2) is 24.2 Å². The van der Waals surface area contributed by atoms with Gasteiger partial charge in [-0.15, -0.1) is 0 Å². The molecule has 0 saturated heterocycles. The van der Waals surface area contributed by atoms with Crippen LogP contribution in [0.5, 0.6) is 5.75 Å². The third-order valence-corrected chi connectivity index (χ3v) is 2.21. The van der Waals surface area contributed by atoms with Crippen LogP contribution in [0.4, 0.5) is 4.79 Å². The highest BCUT2D eigenvalue weighted by Crippen LogP contribution is 2.20. The van der Waals surface area contributed by atoms with Gasteiger partial charge in [-0.25, -0.2) is 4.79 Å². The summed E-state index contributed by atoms with van der Waals surface area (Å²) in [5.41, 5.74) is 5.65. The average Bonchev–Trinajstić information content (AvgIpc) is 2.27. The number of carbonyl (C=O) groups excluding carboxylic acids is 1. The Morgan fingerprint density at radius 1 is 1.41 bits per heavy atom. The molecule has 2 amide bonds. The Balaban J connectivity index is 2.86. The Kier molecular flexibility index (Phi) is 4.33. The zero-order valence-electron chi connectivity index (χ0n) is 9.34. The number of hydrogen-bond acceptors (Lipinski definition) is 3. The number of ether oxygens (including phenoxy) is 1. The number of urea groups is 1. The number of carbonyl (C=O) groups is 2. The highest BCUT2D eigenvalue weighted by molar-refractivity contribution is 5.74. The molecule has 92 valence electrons. The minimum atomic E-state index is -1.01. The molecular weight excluding hydrogens is 224 g/mol. The topological polar surface area (TPSA) is 102 Å². The van der Waals surface area contributed by atoms with E-state index in [1.165, 1.54) is 7.11 Å². The number of rotatable bonds is 5. The molecule has 0 aromatic heterocycles. The van der Waals surface area contributed by atoms with E-state index in [2.05, 4.69) is 5.32 Å². The number of hydrogen-bond donors (Lipinski definition) is 3. The van der Waals surface area contributed by atoms with Gasteiger partial charge in [0.05, 0.1) is 19.6 Å². The SMILES string of the molecule is COc1ccc([C@@H](CC(=O)O)NC(N)=O)cc1. The van der Waals surface area contributed by atoms with Crippen LogP contribution in [0.3, 0.4) is 0 Å². The molecule has 4 N–H and O–H groups in total. The minimum Gasteiger partial charge on any atom is -0.497 e. The molecule has 0 unspecified atom stereocenters. The molecule has 0 spiro atoms. The quantitative estimate of drug-likeness (QED) is 0.708. The molecule has 0 aliphatic rings. The number of nitrogens with one attached hydrogen (secondary N) is 1. The van der Waals surface area contributed by atoms with Crippen LogP contribution in [0.1, 0.15) is 18.0 Å². The lowest BCUT2D eigenvalue weighted by atomic mass is 10.0. The summed E-state index contributed by atoms with van der Waals surface area (Å²) in [7, 11) is 1.53. The van der Waals surface area contributed by atoms with Crippen LogP contribution in [0, 0.1) is 0 Å². The molecule has 6 heteroatoms. The Labute approximate surface area is 98.4 Å². The van der Waals surface area contributed by atoms with Crippen LogP contribution < -0.4 is 15.8 Å². The number of carboxylic acids is 1. The van der Waals surface area contributed by atoms with Crippen molar-refractivity contribution < 1.29 is 19.4 Å². The predicted octanol–water partition coefficient (Wildman–Crippen LogP) is 0.879. The maximum atomic E-state index is 10.8. The first-order chi connectivity index (χ1) is 8.02. The monoisotopic (exact) mass is 238 g/mol. The summed E-state index contributed by atoms with van der Waals surface area (Å²) in [6.07, 6.45) is -0.227. The van der Waals surface area contributed by atoms with Crippen LogP contribution >= 0.6 is 0 Å². The lowest BCUT2D eigenvalue weighted by Crippen LogP contribution is -2.34. The van der Waals surface area contributed by atoms with E-state index >= 15 is 0 Å². The van der Waals surface area contributed by atoms with Gasteiger partial charge in [-0.1, -0.05) is 12.1 Å².